The Morgan fingerprint density at radius 2 is 1.77 bits per heavy atom. The fraction of sp³-hybridized carbons (Fsp3) is 0.333. The zero-order chi connectivity index (χ0) is 9.84. The van der Waals surface area contributed by atoms with Crippen LogP contribution in [0.4, 0.5) is 0 Å². The van der Waals surface area contributed by atoms with E-state index >= 15 is 0 Å². The first-order chi connectivity index (χ1) is 6.19. The summed E-state index contributed by atoms with van der Waals surface area (Å²) in [4.78, 5) is 0. The summed E-state index contributed by atoms with van der Waals surface area (Å²) in [5.74, 6) is 0.0957. The average molecular weight is 184 g/mol. The van der Waals surface area contributed by atoms with Gasteiger partial charge in [-0.2, -0.15) is 0 Å². The Labute approximate surface area is 76.3 Å². The lowest BCUT2D eigenvalue weighted by atomic mass is 10.2. The van der Waals surface area contributed by atoms with Gasteiger partial charge < -0.3 is 19.7 Å². The van der Waals surface area contributed by atoms with Crippen molar-refractivity contribution in [3.63, 3.8) is 0 Å². The van der Waals surface area contributed by atoms with Gasteiger partial charge in [-0.25, -0.2) is 0 Å². The molecule has 0 aromatic heterocycles. The van der Waals surface area contributed by atoms with E-state index in [1.54, 1.807) is 0 Å². The molecule has 4 heteroatoms. The minimum absolute atomic E-state index is 0.0338. The molecule has 0 atom stereocenters. The summed E-state index contributed by atoms with van der Waals surface area (Å²) in [6.45, 7) is 0. The van der Waals surface area contributed by atoms with Crippen LogP contribution in [0.3, 0.4) is 0 Å². The normalized spacial score (nSPS) is 10.7. The molecule has 72 valence electrons. The van der Waals surface area contributed by atoms with Crippen molar-refractivity contribution in [1.82, 2.24) is 0 Å². The molecule has 0 heterocycles. The van der Waals surface area contributed by atoms with Gasteiger partial charge >= 0.3 is 0 Å². The molecule has 13 heavy (non-hydrogen) atoms. The number of phenols is 2. The highest BCUT2D eigenvalue weighted by Gasteiger charge is 2.13. The summed E-state index contributed by atoms with van der Waals surface area (Å²) in [6, 6.07) is 4.17. The smallest absolute Gasteiger partial charge is 0.186 e. The first kappa shape index (κ1) is 9.83. The van der Waals surface area contributed by atoms with Crippen molar-refractivity contribution in [2.45, 2.75) is 6.29 Å². The lowest BCUT2D eigenvalue weighted by Crippen LogP contribution is -2.03. The van der Waals surface area contributed by atoms with E-state index in [2.05, 4.69) is 0 Å². The third kappa shape index (κ3) is 2.11. The van der Waals surface area contributed by atoms with Gasteiger partial charge in [0.05, 0.1) is 5.56 Å². The first-order valence-corrected chi connectivity index (χ1v) is 3.76. The standard InChI is InChI=1S/C9H12O4/c1-12-9(13-2)7-5-6(10)3-4-8(7)11/h3-5,9-11H,1-2H3. The summed E-state index contributed by atoms with van der Waals surface area (Å²) in [5, 5.41) is 18.6. The SMILES string of the molecule is COC(OC)c1cc(O)ccc1O. The monoisotopic (exact) mass is 184 g/mol. The van der Waals surface area contributed by atoms with Crippen molar-refractivity contribution in [3.8, 4) is 11.5 Å². The minimum Gasteiger partial charge on any atom is -0.508 e. The van der Waals surface area contributed by atoms with Gasteiger partial charge in [-0.15, -0.1) is 0 Å². The van der Waals surface area contributed by atoms with Crippen LogP contribution in [0.5, 0.6) is 11.5 Å². The molecule has 0 saturated heterocycles. The fourth-order valence-electron chi connectivity index (χ4n) is 1.08. The third-order valence-corrected chi connectivity index (χ3v) is 1.69. The number of hydrogen-bond acceptors (Lipinski definition) is 4. The molecule has 1 aromatic rings. The maximum absolute atomic E-state index is 9.40. The topological polar surface area (TPSA) is 58.9 Å². The second kappa shape index (κ2) is 4.11. The van der Waals surface area contributed by atoms with Crippen molar-refractivity contribution < 1.29 is 19.7 Å². The van der Waals surface area contributed by atoms with E-state index in [0.29, 0.717) is 5.56 Å². The van der Waals surface area contributed by atoms with E-state index < -0.39 is 6.29 Å². The minimum atomic E-state index is -0.660. The molecule has 0 aliphatic carbocycles. The van der Waals surface area contributed by atoms with E-state index in [1.165, 1.54) is 32.4 Å². The maximum Gasteiger partial charge on any atom is 0.186 e. The summed E-state index contributed by atoms with van der Waals surface area (Å²) in [7, 11) is 2.91. The molecule has 0 radical (unpaired) electrons. The lowest BCUT2D eigenvalue weighted by Gasteiger charge is -2.14. The van der Waals surface area contributed by atoms with Crippen LogP contribution in [0.25, 0.3) is 0 Å². The Kier molecular flexibility index (Phi) is 3.11. The van der Waals surface area contributed by atoms with Crippen molar-refractivity contribution >= 4 is 0 Å². The summed E-state index contributed by atoms with van der Waals surface area (Å²) >= 11 is 0. The highest BCUT2D eigenvalue weighted by atomic mass is 16.7. The number of aromatic hydroxyl groups is 2. The number of ether oxygens (including phenoxy) is 2. The number of hydrogen-bond donors (Lipinski definition) is 2. The van der Waals surface area contributed by atoms with Crippen LogP contribution < -0.4 is 0 Å². The Morgan fingerprint density at radius 1 is 1.15 bits per heavy atom. The molecule has 0 unspecified atom stereocenters. The van der Waals surface area contributed by atoms with Crippen molar-refractivity contribution in [3.05, 3.63) is 23.8 Å². The van der Waals surface area contributed by atoms with Gasteiger partial charge in [0.25, 0.3) is 0 Å². The Bertz CT molecular complexity index is 281. The summed E-state index contributed by atoms with van der Waals surface area (Å²) < 4.78 is 9.86. The van der Waals surface area contributed by atoms with Gasteiger partial charge in [0.15, 0.2) is 6.29 Å². The molecule has 0 aliphatic rings. The van der Waals surface area contributed by atoms with Crippen LogP contribution >= 0.6 is 0 Å². The molecular weight excluding hydrogens is 172 g/mol. The Hall–Kier alpha value is -1.26. The van der Waals surface area contributed by atoms with Crippen molar-refractivity contribution in [2.75, 3.05) is 14.2 Å². The van der Waals surface area contributed by atoms with Crippen LogP contribution in [-0.2, 0) is 9.47 Å². The molecular formula is C9H12O4. The fourth-order valence-corrected chi connectivity index (χ4v) is 1.08. The lowest BCUT2D eigenvalue weighted by molar-refractivity contribution is -0.107. The Morgan fingerprint density at radius 3 is 2.31 bits per heavy atom. The predicted octanol–water partition coefficient (Wildman–Crippen LogP) is 1.39. The van der Waals surface area contributed by atoms with Gasteiger partial charge in [-0.1, -0.05) is 0 Å². The van der Waals surface area contributed by atoms with Gasteiger partial charge in [0.1, 0.15) is 11.5 Å². The van der Waals surface area contributed by atoms with Crippen LogP contribution in [-0.4, -0.2) is 24.4 Å². The molecule has 0 aliphatic heterocycles. The van der Waals surface area contributed by atoms with Crippen molar-refractivity contribution in [1.29, 1.82) is 0 Å². The molecule has 0 bridgehead atoms. The van der Waals surface area contributed by atoms with Crippen molar-refractivity contribution in [2.24, 2.45) is 0 Å². The highest BCUT2D eigenvalue weighted by molar-refractivity contribution is 5.39. The van der Waals surface area contributed by atoms with Gasteiger partial charge in [0.2, 0.25) is 0 Å². The highest BCUT2D eigenvalue weighted by Crippen LogP contribution is 2.29. The zero-order valence-corrected chi connectivity index (χ0v) is 7.52. The third-order valence-electron chi connectivity index (χ3n) is 1.69. The van der Waals surface area contributed by atoms with Crippen LogP contribution in [0, 0.1) is 0 Å². The first-order valence-electron chi connectivity index (χ1n) is 3.76. The molecule has 4 nitrogen and oxygen atoms in total. The summed E-state index contributed by atoms with van der Waals surface area (Å²) in [5.41, 5.74) is 0.407. The maximum atomic E-state index is 9.40. The molecule has 1 aromatic carbocycles. The summed E-state index contributed by atoms with van der Waals surface area (Å²) in [6.07, 6.45) is -0.660. The van der Waals surface area contributed by atoms with Gasteiger partial charge in [0, 0.05) is 14.2 Å². The van der Waals surface area contributed by atoms with E-state index in [-0.39, 0.29) is 11.5 Å². The zero-order valence-electron chi connectivity index (χ0n) is 7.52. The van der Waals surface area contributed by atoms with Crippen LogP contribution in [0.2, 0.25) is 0 Å². The molecule has 0 fully saturated rings. The molecule has 1 rings (SSSR count). The number of phenolic OH excluding ortho intramolecular Hbond substituents is 2. The van der Waals surface area contributed by atoms with E-state index in [9.17, 15) is 5.11 Å². The number of benzene rings is 1. The molecule has 0 amide bonds. The van der Waals surface area contributed by atoms with Gasteiger partial charge in [-0.05, 0) is 18.2 Å². The van der Waals surface area contributed by atoms with E-state index in [1.807, 2.05) is 0 Å². The predicted molar refractivity (Wildman–Crippen MR) is 46.5 cm³/mol. The van der Waals surface area contributed by atoms with E-state index in [4.69, 9.17) is 14.6 Å². The molecule has 0 spiro atoms. The van der Waals surface area contributed by atoms with Crippen LogP contribution in [0.15, 0.2) is 18.2 Å². The van der Waals surface area contributed by atoms with Gasteiger partial charge in [-0.3, -0.25) is 0 Å². The number of methoxy groups -OCH3 is 2. The second-order valence-corrected chi connectivity index (χ2v) is 2.55. The average Bonchev–Trinajstić information content (AvgIpc) is 2.13. The number of rotatable bonds is 3. The van der Waals surface area contributed by atoms with E-state index in [0.717, 1.165) is 0 Å². The molecule has 0 saturated carbocycles. The Balaban J connectivity index is 3.03. The quantitative estimate of drug-likeness (QED) is 0.550. The largest absolute Gasteiger partial charge is 0.508 e. The second-order valence-electron chi connectivity index (χ2n) is 2.55. The molecule has 2 N–H and O–H groups in total. The van der Waals surface area contributed by atoms with Crippen LogP contribution in [0.1, 0.15) is 11.9 Å².